The largest absolute Gasteiger partial charge is 0.379 e. The number of carbonyl (C=O) groups is 1. The van der Waals surface area contributed by atoms with Gasteiger partial charge in [0.15, 0.2) is 5.13 Å². The van der Waals surface area contributed by atoms with Crippen LogP contribution in [0.5, 0.6) is 0 Å². The zero-order valence-corrected chi connectivity index (χ0v) is 16.8. The molecule has 1 aliphatic rings. The van der Waals surface area contributed by atoms with Crippen LogP contribution in [0.4, 0.5) is 5.13 Å². The second-order valence-corrected chi connectivity index (χ2v) is 7.36. The fraction of sp³-hybridized carbons (Fsp3) is 0.529. The molecule has 2 aromatic rings. The molecule has 3 rings (SSSR count). The van der Waals surface area contributed by atoms with Crippen LogP contribution in [0.2, 0.25) is 5.02 Å². The van der Waals surface area contributed by atoms with E-state index in [1.165, 1.54) is 11.3 Å². The lowest BCUT2D eigenvalue weighted by molar-refractivity contribution is -0.118. The summed E-state index contributed by atoms with van der Waals surface area (Å²) in [6, 6.07) is 3.83. The number of hydrogen-bond donors (Lipinski definition) is 0. The van der Waals surface area contributed by atoms with Crippen LogP contribution in [0.1, 0.15) is 18.9 Å². The first-order valence-electron chi connectivity index (χ1n) is 8.25. The van der Waals surface area contributed by atoms with Gasteiger partial charge in [0, 0.05) is 37.6 Å². The van der Waals surface area contributed by atoms with E-state index in [4.69, 9.17) is 21.3 Å². The first-order chi connectivity index (χ1) is 11.6. The number of rotatable bonds is 5. The fourth-order valence-corrected chi connectivity index (χ4v) is 4.31. The molecule has 1 aromatic heterocycles. The van der Waals surface area contributed by atoms with Gasteiger partial charge in [-0.3, -0.25) is 14.6 Å². The molecule has 0 atom stereocenters. The molecular formula is C17H23Cl2N3O2S. The van der Waals surface area contributed by atoms with E-state index in [1.807, 2.05) is 30.9 Å². The van der Waals surface area contributed by atoms with Crippen LogP contribution in [0, 0.1) is 6.92 Å². The number of aryl methyl sites for hydroxylation is 1. The van der Waals surface area contributed by atoms with Crippen molar-refractivity contribution >= 4 is 56.6 Å². The van der Waals surface area contributed by atoms with Crippen LogP contribution in [0.15, 0.2) is 12.1 Å². The first-order valence-corrected chi connectivity index (χ1v) is 9.45. The zero-order chi connectivity index (χ0) is 17.1. The Morgan fingerprint density at radius 1 is 1.40 bits per heavy atom. The second kappa shape index (κ2) is 9.14. The van der Waals surface area contributed by atoms with Gasteiger partial charge in [-0.25, -0.2) is 4.98 Å². The smallest absolute Gasteiger partial charge is 0.228 e. The number of carbonyl (C=O) groups excluding carboxylic acids is 1. The summed E-state index contributed by atoms with van der Waals surface area (Å²) in [5.74, 6) is 0.103. The number of halogens is 2. The van der Waals surface area contributed by atoms with Crippen LogP contribution in [0.25, 0.3) is 10.2 Å². The van der Waals surface area contributed by atoms with Crippen LogP contribution >= 0.6 is 35.3 Å². The van der Waals surface area contributed by atoms with Gasteiger partial charge in [0.05, 0.1) is 23.4 Å². The summed E-state index contributed by atoms with van der Waals surface area (Å²) >= 11 is 7.68. The van der Waals surface area contributed by atoms with Gasteiger partial charge in [0.25, 0.3) is 0 Å². The maximum atomic E-state index is 12.4. The third-order valence-corrected chi connectivity index (χ3v) is 5.46. The third kappa shape index (κ3) is 4.83. The number of thiazole rings is 1. The van der Waals surface area contributed by atoms with Gasteiger partial charge in [0.1, 0.15) is 0 Å². The van der Waals surface area contributed by atoms with Crippen molar-refractivity contribution < 1.29 is 9.53 Å². The van der Waals surface area contributed by atoms with Gasteiger partial charge in [-0.15, -0.1) is 12.4 Å². The average Bonchev–Trinajstić information content (AvgIpc) is 2.99. The van der Waals surface area contributed by atoms with Crippen molar-refractivity contribution in [3.63, 3.8) is 0 Å². The molecule has 0 bridgehead atoms. The van der Waals surface area contributed by atoms with E-state index in [2.05, 4.69) is 4.90 Å². The fourth-order valence-electron chi connectivity index (χ4n) is 2.84. The summed E-state index contributed by atoms with van der Waals surface area (Å²) in [7, 11) is 0. The molecule has 0 unspecified atom stereocenters. The minimum Gasteiger partial charge on any atom is -0.379 e. The molecule has 0 N–H and O–H groups in total. The SMILES string of the molecule is CCC(=O)N(CCN1CCOCC1)c1nc2c(C)cc(Cl)cc2s1.Cl. The van der Waals surface area contributed by atoms with E-state index in [-0.39, 0.29) is 18.3 Å². The summed E-state index contributed by atoms with van der Waals surface area (Å²) in [6.07, 6.45) is 0.471. The number of fused-ring (bicyclic) bond motifs is 1. The zero-order valence-electron chi connectivity index (χ0n) is 14.5. The average molecular weight is 404 g/mol. The van der Waals surface area contributed by atoms with Crippen molar-refractivity contribution in [1.82, 2.24) is 9.88 Å². The van der Waals surface area contributed by atoms with Gasteiger partial charge in [-0.05, 0) is 24.6 Å². The van der Waals surface area contributed by atoms with Gasteiger partial charge >= 0.3 is 0 Å². The van der Waals surface area contributed by atoms with Crippen LogP contribution in [-0.2, 0) is 9.53 Å². The molecule has 0 aliphatic carbocycles. The topological polar surface area (TPSA) is 45.7 Å². The Bertz CT molecular complexity index is 732. The van der Waals surface area contributed by atoms with Crippen LogP contribution in [0.3, 0.4) is 0 Å². The normalized spacial score (nSPS) is 15.2. The molecule has 25 heavy (non-hydrogen) atoms. The number of hydrogen-bond acceptors (Lipinski definition) is 5. The molecule has 1 amide bonds. The second-order valence-electron chi connectivity index (χ2n) is 5.92. The highest BCUT2D eigenvalue weighted by molar-refractivity contribution is 7.22. The number of morpholine rings is 1. The predicted octanol–water partition coefficient (Wildman–Crippen LogP) is 3.76. The minimum atomic E-state index is 0. The number of nitrogens with zero attached hydrogens (tertiary/aromatic N) is 3. The Hall–Kier alpha value is -0.920. The monoisotopic (exact) mass is 403 g/mol. The number of ether oxygens (including phenoxy) is 1. The van der Waals surface area contributed by atoms with Gasteiger partial charge in [-0.1, -0.05) is 29.9 Å². The third-order valence-electron chi connectivity index (χ3n) is 4.22. The van der Waals surface area contributed by atoms with Crippen molar-refractivity contribution in [2.45, 2.75) is 20.3 Å². The Morgan fingerprint density at radius 3 is 2.80 bits per heavy atom. The standard InChI is InChI=1S/C17H22ClN3O2S.ClH/c1-3-15(22)21(5-4-20-6-8-23-9-7-20)17-19-16-12(2)10-13(18)11-14(16)24-17;/h10-11H,3-9H2,1-2H3;1H. The molecule has 1 aromatic carbocycles. The summed E-state index contributed by atoms with van der Waals surface area (Å²) in [6.45, 7) is 8.74. The lowest BCUT2D eigenvalue weighted by Gasteiger charge is -2.29. The number of benzene rings is 1. The van der Waals surface area contributed by atoms with Crippen LogP contribution in [-0.4, -0.2) is 55.2 Å². The minimum absolute atomic E-state index is 0. The number of anilines is 1. The maximum absolute atomic E-state index is 12.4. The molecule has 0 spiro atoms. The van der Waals surface area contributed by atoms with Crippen molar-refractivity contribution in [3.05, 3.63) is 22.7 Å². The molecule has 1 saturated heterocycles. The molecule has 8 heteroatoms. The highest BCUT2D eigenvalue weighted by atomic mass is 35.5. The molecule has 1 fully saturated rings. The number of amides is 1. The highest BCUT2D eigenvalue weighted by Crippen LogP contribution is 2.33. The molecule has 1 aliphatic heterocycles. The Balaban J connectivity index is 0.00000225. The van der Waals surface area contributed by atoms with E-state index >= 15 is 0 Å². The van der Waals surface area contributed by atoms with Gasteiger partial charge < -0.3 is 4.74 Å². The number of aromatic nitrogens is 1. The van der Waals surface area contributed by atoms with Crippen molar-refractivity contribution in [2.75, 3.05) is 44.3 Å². The van der Waals surface area contributed by atoms with E-state index in [0.717, 1.165) is 53.8 Å². The maximum Gasteiger partial charge on any atom is 0.228 e. The first kappa shape index (κ1) is 20.4. The van der Waals surface area contributed by atoms with Crippen LogP contribution < -0.4 is 4.90 Å². The summed E-state index contributed by atoms with van der Waals surface area (Å²) in [4.78, 5) is 21.3. The Morgan fingerprint density at radius 2 is 2.12 bits per heavy atom. The van der Waals surface area contributed by atoms with E-state index < -0.39 is 0 Å². The van der Waals surface area contributed by atoms with E-state index in [9.17, 15) is 4.79 Å². The summed E-state index contributed by atoms with van der Waals surface area (Å²) in [5.41, 5.74) is 1.97. The summed E-state index contributed by atoms with van der Waals surface area (Å²) < 4.78 is 6.40. The highest BCUT2D eigenvalue weighted by Gasteiger charge is 2.21. The molecule has 5 nitrogen and oxygen atoms in total. The molecular weight excluding hydrogens is 381 g/mol. The van der Waals surface area contributed by atoms with E-state index in [0.29, 0.717) is 18.0 Å². The Labute approximate surface area is 163 Å². The molecule has 138 valence electrons. The Kier molecular flexibility index (Phi) is 7.46. The van der Waals surface area contributed by atoms with Gasteiger partial charge in [-0.2, -0.15) is 0 Å². The van der Waals surface area contributed by atoms with Crippen molar-refractivity contribution in [3.8, 4) is 0 Å². The molecule has 0 saturated carbocycles. The van der Waals surface area contributed by atoms with Gasteiger partial charge in [0.2, 0.25) is 5.91 Å². The predicted molar refractivity (Wildman–Crippen MR) is 107 cm³/mol. The lowest BCUT2D eigenvalue weighted by Crippen LogP contribution is -2.43. The molecule has 0 radical (unpaired) electrons. The van der Waals surface area contributed by atoms with Crippen molar-refractivity contribution in [1.29, 1.82) is 0 Å². The van der Waals surface area contributed by atoms with E-state index in [1.54, 1.807) is 0 Å². The molecule has 2 heterocycles. The quantitative estimate of drug-likeness (QED) is 0.762. The lowest BCUT2D eigenvalue weighted by atomic mass is 10.2. The summed E-state index contributed by atoms with van der Waals surface area (Å²) in [5, 5.41) is 1.47. The van der Waals surface area contributed by atoms with Crippen molar-refractivity contribution in [2.24, 2.45) is 0 Å².